The summed E-state index contributed by atoms with van der Waals surface area (Å²) in [6, 6.07) is 5.73. The van der Waals surface area contributed by atoms with E-state index >= 15 is 0 Å². The lowest BCUT2D eigenvalue weighted by atomic mass is 9.80. The molecule has 0 bridgehead atoms. The molecule has 2 rings (SSSR count). The molecule has 1 aromatic rings. The second-order valence-corrected chi connectivity index (χ2v) is 4.41. The van der Waals surface area contributed by atoms with Gasteiger partial charge in [0.15, 0.2) is 0 Å². The topological polar surface area (TPSA) is 67.8 Å². The van der Waals surface area contributed by atoms with E-state index in [9.17, 15) is 4.79 Å². The van der Waals surface area contributed by atoms with Gasteiger partial charge in [-0.25, -0.2) is 0 Å². The third-order valence-electron chi connectivity index (χ3n) is 3.26. The lowest BCUT2D eigenvalue weighted by Gasteiger charge is -2.34. The summed E-state index contributed by atoms with van der Waals surface area (Å²) >= 11 is 0. The highest BCUT2D eigenvalue weighted by atomic mass is 16.5. The van der Waals surface area contributed by atoms with Crippen LogP contribution in [-0.2, 0) is 4.79 Å². The second-order valence-electron chi connectivity index (χ2n) is 4.41. The maximum absolute atomic E-state index is 10.7. The summed E-state index contributed by atoms with van der Waals surface area (Å²) < 4.78 is 10.4. The van der Waals surface area contributed by atoms with E-state index < -0.39 is 5.97 Å². The van der Waals surface area contributed by atoms with Gasteiger partial charge in [-0.3, -0.25) is 4.79 Å². The Kier molecular flexibility index (Phi) is 3.60. The van der Waals surface area contributed by atoms with Gasteiger partial charge in [0.1, 0.15) is 11.5 Å². The summed E-state index contributed by atoms with van der Waals surface area (Å²) in [6.07, 6.45) is 1.31. The molecule has 0 aliphatic heterocycles. The van der Waals surface area contributed by atoms with Crippen LogP contribution >= 0.6 is 0 Å². The van der Waals surface area contributed by atoms with Crippen LogP contribution in [0.25, 0.3) is 0 Å². The SMILES string of the molecule is COc1ccc(NC2CC(C(=O)O)C2)c(OC)c1. The molecule has 1 aliphatic carbocycles. The van der Waals surface area contributed by atoms with E-state index in [4.69, 9.17) is 14.6 Å². The van der Waals surface area contributed by atoms with Crippen molar-refractivity contribution in [3.63, 3.8) is 0 Å². The highest BCUT2D eigenvalue weighted by Gasteiger charge is 2.34. The Bertz CT molecular complexity index is 441. The van der Waals surface area contributed by atoms with E-state index in [0.717, 1.165) is 11.4 Å². The van der Waals surface area contributed by atoms with Crippen LogP contribution in [0.1, 0.15) is 12.8 Å². The second kappa shape index (κ2) is 5.16. The van der Waals surface area contributed by atoms with Crippen LogP contribution in [-0.4, -0.2) is 31.3 Å². The average Bonchev–Trinajstić information content (AvgIpc) is 2.32. The molecule has 0 spiro atoms. The number of carboxylic acid groups (broad SMARTS) is 1. The molecular formula is C13H17NO4. The summed E-state index contributed by atoms with van der Waals surface area (Å²) in [5.41, 5.74) is 0.868. The molecule has 2 N–H and O–H groups in total. The molecule has 0 saturated heterocycles. The van der Waals surface area contributed by atoms with Gasteiger partial charge in [-0.1, -0.05) is 0 Å². The fourth-order valence-corrected chi connectivity index (χ4v) is 2.08. The molecule has 18 heavy (non-hydrogen) atoms. The molecular weight excluding hydrogens is 234 g/mol. The van der Waals surface area contributed by atoms with Crippen molar-refractivity contribution in [1.82, 2.24) is 0 Å². The maximum Gasteiger partial charge on any atom is 0.306 e. The first kappa shape index (κ1) is 12.5. The Hall–Kier alpha value is -1.91. The summed E-state index contributed by atoms with van der Waals surface area (Å²) in [5, 5.41) is 12.1. The van der Waals surface area contributed by atoms with Gasteiger partial charge in [-0.15, -0.1) is 0 Å². The number of ether oxygens (including phenoxy) is 2. The van der Waals surface area contributed by atoms with Gasteiger partial charge in [0.2, 0.25) is 0 Å². The number of anilines is 1. The molecule has 98 valence electrons. The van der Waals surface area contributed by atoms with Crippen LogP contribution in [0.2, 0.25) is 0 Å². The Balaban J connectivity index is 2.00. The number of hydrogen-bond donors (Lipinski definition) is 2. The average molecular weight is 251 g/mol. The molecule has 1 aromatic carbocycles. The van der Waals surface area contributed by atoms with E-state index in [2.05, 4.69) is 5.32 Å². The van der Waals surface area contributed by atoms with Crippen LogP contribution in [0, 0.1) is 5.92 Å². The van der Waals surface area contributed by atoms with Crippen molar-refractivity contribution in [3.8, 4) is 11.5 Å². The highest BCUT2D eigenvalue weighted by Crippen LogP contribution is 2.35. The molecule has 5 heteroatoms. The zero-order valence-corrected chi connectivity index (χ0v) is 10.5. The normalized spacial score (nSPS) is 21.9. The zero-order chi connectivity index (χ0) is 13.1. The Morgan fingerprint density at radius 1 is 1.33 bits per heavy atom. The van der Waals surface area contributed by atoms with Crippen LogP contribution in [0.4, 0.5) is 5.69 Å². The highest BCUT2D eigenvalue weighted by molar-refractivity contribution is 5.72. The minimum absolute atomic E-state index is 0.202. The summed E-state index contributed by atoms with van der Waals surface area (Å²) in [5.74, 6) is 0.504. The summed E-state index contributed by atoms with van der Waals surface area (Å²) in [7, 11) is 3.20. The van der Waals surface area contributed by atoms with Gasteiger partial charge in [0.25, 0.3) is 0 Å². The molecule has 0 atom stereocenters. The van der Waals surface area contributed by atoms with Gasteiger partial charge >= 0.3 is 5.97 Å². The van der Waals surface area contributed by atoms with Crippen molar-refractivity contribution >= 4 is 11.7 Å². The summed E-state index contributed by atoms with van der Waals surface area (Å²) in [4.78, 5) is 10.7. The van der Waals surface area contributed by atoms with E-state index in [1.165, 1.54) is 0 Å². The number of carboxylic acids is 1. The molecule has 1 fully saturated rings. The number of benzene rings is 1. The first-order valence-electron chi connectivity index (χ1n) is 5.85. The fraction of sp³-hybridized carbons (Fsp3) is 0.462. The number of hydrogen-bond acceptors (Lipinski definition) is 4. The van der Waals surface area contributed by atoms with E-state index in [-0.39, 0.29) is 12.0 Å². The van der Waals surface area contributed by atoms with E-state index in [0.29, 0.717) is 18.6 Å². The van der Waals surface area contributed by atoms with Gasteiger partial charge in [0.05, 0.1) is 25.8 Å². The minimum Gasteiger partial charge on any atom is -0.497 e. The molecule has 5 nitrogen and oxygen atoms in total. The van der Waals surface area contributed by atoms with Crippen molar-refractivity contribution in [3.05, 3.63) is 18.2 Å². The van der Waals surface area contributed by atoms with Gasteiger partial charge in [-0.05, 0) is 25.0 Å². The standard InChI is InChI=1S/C13H17NO4/c1-17-10-3-4-11(12(7-10)18-2)14-9-5-8(6-9)13(15)16/h3-4,7-9,14H,5-6H2,1-2H3,(H,15,16). The number of carbonyl (C=O) groups is 1. The molecule has 1 aliphatic rings. The zero-order valence-electron chi connectivity index (χ0n) is 10.5. The Morgan fingerprint density at radius 3 is 2.61 bits per heavy atom. The number of rotatable bonds is 5. The number of nitrogens with one attached hydrogen (secondary N) is 1. The van der Waals surface area contributed by atoms with Crippen LogP contribution in [0.3, 0.4) is 0 Å². The molecule has 0 radical (unpaired) electrons. The predicted octanol–water partition coefficient (Wildman–Crippen LogP) is 1.98. The van der Waals surface area contributed by atoms with E-state index in [1.54, 1.807) is 20.3 Å². The predicted molar refractivity (Wildman–Crippen MR) is 67.3 cm³/mol. The quantitative estimate of drug-likeness (QED) is 0.837. The van der Waals surface area contributed by atoms with Crippen molar-refractivity contribution in [2.45, 2.75) is 18.9 Å². The third-order valence-corrected chi connectivity index (χ3v) is 3.26. The molecule has 0 heterocycles. The lowest BCUT2D eigenvalue weighted by molar-refractivity contribution is -0.144. The Labute approximate surface area is 106 Å². The molecule has 0 aromatic heterocycles. The number of methoxy groups -OCH3 is 2. The minimum atomic E-state index is -0.713. The van der Waals surface area contributed by atoms with Gasteiger partial charge in [0, 0.05) is 12.1 Å². The molecule has 0 amide bonds. The third kappa shape index (κ3) is 2.50. The van der Waals surface area contributed by atoms with Gasteiger partial charge in [-0.2, -0.15) is 0 Å². The lowest BCUT2D eigenvalue weighted by Crippen LogP contribution is -2.39. The smallest absolute Gasteiger partial charge is 0.306 e. The summed E-state index contributed by atoms with van der Waals surface area (Å²) in [6.45, 7) is 0. The Morgan fingerprint density at radius 2 is 2.06 bits per heavy atom. The van der Waals surface area contributed by atoms with Crippen LogP contribution < -0.4 is 14.8 Å². The number of aliphatic carboxylic acids is 1. The van der Waals surface area contributed by atoms with Crippen molar-refractivity contribution in [2.75, 3.05) is 19.5 Å². The van der Waals surface area contributed by atoms with Crippen molar-refractivity contribution in [2.24, 2.45) is 5.92 Å². The largest absolute Gasteiger partial charge is 0.497 e. The monoisotopic (exact) mass is 251 g/mol. The van der Waals surface area contributed by atoms with Crippen molar-refractivity contribution in [1.29, 1.82) is 0 Å². The molecule has 1 saturated carbocycles. The first-order chi connectivity index (χ1) is 8.63. The van der Waals surface area contributed by atoms with Crippen molar-refractivity contribution < 1.29 is 19.4 Å². The van der Waals surface area contributed by atoms with Crippen LogP contribution in [0.5, 0.6) is 11.5 Å². The van der Waals surface area contributed by atoms with Gasteiger partial charge < -0.3 is 19.9 Å². The maximum atomic E-state index is 10.7. The molecule has 0 unspecified atom stereocenters. The first-order valence-corrected chi connectivity index (χ1v) is 5.85. The van der Waals surface area contributed by atoms with E-state index in [1.807, 2.05) is 12.1 Å². The fourth-order valence-electron chi connectivity index (χ4n) is 2.08. The van der Waals surface area contributed by atoms with Crippen LogP contribution in [0.15, 0.2) is 18.2 Å².